The van der Waals surface area contributed by atoms with Gasteiger partial charge >= 0.3 is 0 Å². The van der Waals surface area contributed by atoms with Crippen LogP contribution in [0, 0.1) is 0 Å². The van der Waals surface area contributed by atoms with E-state index in [0.717, 1.165) is 5.56 Å². The zero-order chi connectivity index (χ0) is 18.5. The lowest BCUT2D eigenvalue weighted by Crippen LogP contribution is -2.29. The van der Waals surface area contributed by atoms with E-state index in [0.29, 0.717) is 22.7 Å². The van der Waals surface area contributed by atoms with Crippen LogP contribution in [-0.4, -0.2) is 26.2 Å². The second-order valence-electron chi connectivity index (χ2n) is 5.81. The summed E-state index contributed by atoms with van der Waals surface area (Å²) in [5, 5.41) is 3.96. The van der Waals surface area contributed by atoms with Crippen molar-refractivity contribution in [3.8, 4) is 0 Å². The lowest BCUT2D eigenvalue weighted by Gasteiger charge is -2.15. The number of thioether (sulfide) groups is 1. The molecule has 0 radical (unpaired) electrons. The summed E-state index contributed by atoms with van der Waals surface area (Å²) in [6.45, 7) is 4.31. The van der Waals surface area contributed by atoms with Gasteiger partial charge in [-0.05, 0) is 31.5 Å². The van der Waals surface area contributed by atoms with Gasteiger partial charge < -0.3 is 5.32 Å². The topological polar surface area (TPSA) is 76.9 Å². The number of carbonyl (C=O) groups excluding carboxylic acids is 1. The first-order valence-corrected chi connectivity index (χ1v) is 9.41. The van der Waals surface area contributed by atoms with Gasteiger partial charge in [0.25, 0.3) is 5.56 Å². The van der Waals surface area contributed by atoms with Crippen molar-refractivity contribution in [1.29, 1.82) is 0 Å². The number of pyridine rings is 1. The fraction of sp³-hybridized carbons (Fsp3) is 0.263. The summed E-state index contributed by atoms with van der Waals surface area (Å²) in [6.07, 6.45) is 1.60. The SMILES string of the molecule is CCn1c(SCC(=O)N[C@@H](C)c2ccccc2)nc2ncccc2c1=O. The summed E-state index contributed by atoms with van der Waals surface area (Å²) >= 11 is 1.25. The van der Waals surface area contributed by atoms with Crippen LogP contribution < -0.4 is 10.9 Å². The molecule has 0 aliphatic rings. The van der Waals surface area contributed by atoms with E-state index in [1.807, 2.05) is 44.2 Å². The Morgan fingerprint density at radius 3 is 2.73 bits per heavy atom. The number of fused-ring (bicyclic) bond motifs is 1. The fourth-order valence-corrected chi connectivity index (χ4v) is 3.53. The van der Waals surface area contributed by atoms with E-state index in [-0.39, 0.29) is 23.3 Å². The van der Waals surface area contributed by atoms with E-state index in [9.17, 15) is 9.59 Å². The highest BCUT2D eigenvalue weighted by Crippen LogP contribution is 2.17. The molecule has 0 unspecified atom stereocenters. The van der Waals surface area contributed by atoms with Gasteiger partial charge in [0.05, 0.1) is 17.2 Å². The summed E-state index contributed by atoms with van der Waals surface area (Å²) in [6, 6.07) is 13.1. The van der Waals surface area contributed by atoms with Gasteiger partial charge in [0.2, 0.25) is 5.91 Å². The lowest BCUT2D eigenvalue weighted by atomic mass is 10.1. The molecule has 7 heteroatoms. The van der Waals surface area contributed by atoms with Gasteiger partial charge in [0.15, 0.2) is 10.8 Å². The summed E-state index contributed by atoms with van der Waals surface area (Å²) < 4.78 is 1.57. The molecule has 1 aromatic carbocycles. The minimum absolute atomic E-state index is 0.0797. The molecule has 0 bridgehead atoms. The first kappa shape index (κ1) is 18.1. The zero-order valence-corrected chi connectivity index (χ0v) is 15.5. The van der Waals surface area contributed by atoms with Crippen LogP contribution in [0.15, 0.2) is 58.6 Å². The van der Waals surface area contributed by atoms with Crippen LogP contribution in [-0.2, 0) is 11.3 Å². The number of nitrogens with zero attached hydrogens (tertiary/aromatic N) is 3. The van der Waals surface area contributed by atoms with Crippen molar-refractivity contribution in [2.75, 3.05) is 5.75 Å². The molecule has 0 aliphatic heterocycles. The van der Waals surface area contributed by atoms with Crippen molar-refractivity contribution in [2.24, 2.45) is 0 Å². The largest absolute Gasteiger partial charge is 0.349 e. The molecule has 0 saturated carbocycles. The number of nitrogens with one attached hydrogen (secondary N) is 1. The van der Waals surface area contributed by atoms with Gasteiger partial charge in [-0.15, -0.1) is 0 Å². The van der Waals surface area contributed by atoms with Gasteiger partial charge in [-0.3, -0.25) is 14.2 Å². The Morgan fingerprint density at radius 1 is 1.23 bits per heavy atom. The van der Waals surface area contributed by atoms with Crippen molar-refractivity contribution >= 4 is 28.7 Å². The van der Waals surface area contributed by atoms with Crippen LogP contribution in [0.2, 0.25) is 0 Å². The summed E-state index contributed by atoms with van der Waals surface area (Å²) in [4.78, 5) is 33.4. The van der Waals surface area contributed by atoms with Gasteiger partial charge in [0, 0.05) is 12.7 Å². The first-order chi connectivity index (χ1) is 12.6. The maximum atomic E-state index is 12.6. The molecule has 0 aliphatic carbocycles. The highest BCUT2D eigenvalue weighted by molar-refractivity contribution is 7.99. The smallest absolute Gasteiger partial charge is 0.263 e. The van der Waals surface area contributed by atoms with E-state index in [1.54, 1.807) is 22.9 Å². The molecule has 0 spiro atoms. The van der Waals surface area contributed by atoms with E-state index < -0.39 is 0 Å². The normalized spacial score (nSPS) is 12.1. The number of hydrogen-bond acceptors (Lipinski definition) is 5. The molecule has 2 aromatic heterocycles. The Bertz CT molecular complexity index is 972. The molecule has 134 valence electrons. The number of benzene rings is 1. The van der Waals surface area contributed by atoms with Crippen molar-refractivity contribution < 1.29 is 4.79 Å². The number of rotatable bonds is 6. The summed E-state index contributed by atoms with van der Waals surface area (Å²) in [5.74, 6) is 0.0754. The number of amides is 1. The number of carbonyl (C=O) groups is 1. The third-order valence-corrected chi connectivity index (χ3v) is 5.00. The zero-order valence-electron chi connectivity index (χ0n) is 14.7. The van der Waals surface area contributed by atoms with Crippen LogP contribution in [0.1, 0.15) is 25.5 Å². The van der Waals surface area contributed by atoms with Crippen molar-refractivity contribution in [2.45, 2.75) is 31.6 Å². The Kier molecular flexibility index (Phi) is 5.68. The molecule has 26 heavy (non-hydrogen) atoms. The molecule has 0 saturated heterocycles. The van der Waals surface area contributed by atoms with Crippen LogP contribution in [0.4, 0.5) is 0 Å². The van der Waals surface area contributed by atoms with Crippen LogP contribution >= 0.6 is 11.8 Å². The van der Waals surface area contributed by atoms with Gasteiger partial charge in [-0.2, -0.15) is 0 Å². The first-order valence-electron chi connectivity index (χ1n) is 8.42. The standard InChI is InChI=1S/C19H20N4O2S/c1-3-23-18(25)15-10-7-11-20-17(15)22-19(23)26-12-16(24)21-13(2)14-8-5-4-6-9-14/h4-11,13H,3,12H2,1-2H3,(H,21,24)/t13-/m0/s1. The second kappa shape index (κ2) is 8.14. The summed E-state index contributed by atoms with van der Waals surface area (Å²) in [5.41, 5.74) is 1.32. The molecule has 1 atom stereocenters. The number of hydrogen-bond donors (Lipinski definition) is 1. The van der Waals surface area contributed by atoms with E-state index in [4.69, 9.17) is 0 Å². The molecule has 1 amide bonds. The third kappa shape index (κ3) is 3.94. The van der Waals surface area contributed by atoms with Crippen LogP contribution in [0.5, 0.6) is 0 Å². The average Bonchev–Trinajstić information content (AvgIpc) is 2.67. The Hall–Kier alpha value is -2.67. The number of aromatic nitrogens is 3. The van der Waals surface area contributed by atoms with E-state index in [2.05, 4.69) is 15.3 Å². The third-order valence-electron chi connectivity index (χ3n) is 4.02. The van der Waals surface area contributed by atoms with E-state index in [1.165, 1.54) is 11.8 Å². The molecule has 0 fully saturated rings. The minimum atomic E-state index is -0.133. The second-order valence-corrected chi connectivity index (χ2v) is 6.75. The average molecular weight is 368 g/mol. The predicted molar refractivity (Wildman–Crippen MR) is 103 cm³/mol. The minimum Gasteiger partial charge on any atom is -0.349 e. The van der Waals surface area contributed by atoms with E-state index >= 15 is 0 Å². The molecule has 3 rings (SSSR count). The molecule has 1 N–H and O–H groups in total. The molecule has 2 heterocycles. The molecule has 3 aromatic rings. The van der Waals surface area contributed by atoms with Crippen LogP contribution in [0.3, 0.4) is 0 Å². The highest BCUT2D eigenvalue weighted by atomic mass is 32.2. The molecule has 6 nitrogen and oxygen atoms in total. The van der Waals surface area contributed by atoms with Crippen LogP contribution in [0.25, 0.3) is 11.0 Å². The van der Waals surface area contributed by atoms with Gasteiger partial charge in [0.1, 0.15) is 0 Å². The Labute approximate surface area is 155 Å². The van der Waals surface area contributed by atoms with Crippen molar-refractivity contribution in [3.63, 3.8) is 0 Å². The summed E-state index contributed by atoms with van der Waals surface area (Å²) in [7, 11) is 0. The quantitative estimate of drug-likeness (QED) is 0.535. The van der Waals surface area contributed by atoms with Gasteiger partial charge in [-0.1, -0.05) is 42.1 Å². The molecular weight excluding hydrogens is 348 g/mol. The fourth-order valence-electron chi connectivity index (χ4n) is 2.66. The van der Waals surface area contributed by atoms with Gasteiger partial charge in [-0.25, -0.2) is 9.97 Å². The molecular formula is C19H20N4O2S. The van der Waals surface area contributed by atoms with Crippen molar-refractivity contribution in [1.82, 2.24) is 19.9 Å². The Balaban J connectivity index is 1.73. The maximum absolute atomic E-state index is 12.6. The predicted octanol–water partition coefficient (Wildman–Crippen LogP) is 2.78. The highest BCUT2D eigenvalue weighted by Gasteiger charge is 2.14. The Morgan fingerprint density at radius 2 is 2.00 bits per heavy atom. The maximum Gasteiger partial charge on any atom is 0.263 e. The van der Waals surface area contributed by atoms with Crippen molar-refractivity contribution in [3.05, 3.63) is 64.6 Å². The monoisotopic (exact) mass is 368 g/mol. The lowest BCUT2D eigenvalue weighted by molar-refractivity contribution is -0.119.